The van der Waals surface area contributed by atoms with E-state index in [-0.39, 0.29) is 26.0 Å². The molecule has 32 heavy (non-hydrogen) atoms. The standard InChI is InChI=1S/C12H20F2N2O3.C8H15NO4/c1-3-9(12(15)18)16-7-8(5-10(13)14)6-11(17)19-4-2;1-2-6(8(12)13)9-5-3-4-7(10)11/h5,8-9,16H,3-4,6-7H2,1-2H3,(H2,15,18);6,9H,2-5H2,1H3,(H,10,11)(H,12,13)/t8?,9-;6-/m00/s1. The van der Waals surface area contributed by atoms with E-state index in [1.54, 1.807) is 20.8 Å². The van der Waals surface area contributed by atoms with Gasteiger partial charge in [-0.05, 0) is 38.8 Å². The van der Waals surface area contributed by atoms with Crippen molar-refractivity contribution in [2.24, 2.45) is 11.7 Å². The Labute approximate surface area is 186 Å². The third kappa shape index (κ3) is 18.2. The first-order chi connectivity index (χ1) is 15.0. The molecule has 0 radical (unpaired) electrons. The van der Waals surface area contributed by atoms with Gasteiger partial charge >= 0.3 is 17.9 Å². The van der Waals surface area contributed by atoms with E-state index < -0.39 is 47.9 Å². The van der Waals surface area contributed by atoms with E-state index in [9.17, 15) is 28.0 Å². The number of carbonyl (C=O) groups excluding carboxylic acids is 2. The van der Waals surface area contributed by atoms with Gasteiger partial charge in [0.2, 0.25) is 5.91 Å². The highest BCUT2D eigenvalue weighted by molar-refractivity contribution is 5.79. The predicted octanol–water partition coefficient (Wildman–Crippen LogP) is 1.49. The fourth-order valence-electron chi connectivity index (χ4n) is 2.46. The normalized spacial score (nSPS) is 13.0. The average Bonchev–Trinajstić information content (AvgIpc) is 2.67. The number of nitrogens with two attached hydrogens (primary N) is 1. The number of carbonyl (C=O) groups is 4. The van der Waals surface area contributed by atoms with Gasteiger partial charge in [-0.1, -0.05) is 13.8 Å². The zero-order valence-corrected chi connectivity index (χ0v) is 18.7. The first kappa shape index (κ1) is 31.6. The van der Waals surface area contributed by atoms with E-state index in [1.165, 1.54) is 0 Å². The van der Waals surface area contributed by atoms with Crippen molar-refractivity contribution in [1.82, 2.24) is 10.6 Å². The summed E-state index contributed by atoms with van der Waals surface area (Å²) in [5.41, 5.74) is 5.13. The van der Waals surface area contributed by atoms with Crippen LogP contribution in [0, 0.1) is 5.92 Å². The van der Waals surface area contributed by atoms with Gasteiger partial charge < -0.3 is 31.3 Å². The Morgan fingerprint density at radius 3 is 2.03 bits per heavy atom. The van der Waals surface area contributed by atoms with Crippen LogP contribution in [0.1, 0.15) is 52.9 Å². The number of primary amides is 1. The largest absolute Gasteiger partial charge is 0.481 e. The van der Waals surface area contributed by atoms with E-state index in [2.05, 4.69) is 10.6 Å². The Kier molecular flexibility index (Phi) is 18.9. The molecule has 12 heteroatoms. The monoisotopic (exact) mass is 467 g/mol. The first-order valence-electron chi connectivity index (χ1n) is 10.4. The van der Waals surface area contributed by atoms with Crippen molar-refractivity contribution in [2.45, 2.75) is 65.0 Å². The molecule has 0 aliphatic carbocycles. The molecule has 186 valence electrons. The third-order valence-corrected chi connectivity index (χ3v) is 4.14. The second-order valence-electron chi connectivity index (χ2n) is 6.75. The van der Waals surface area contributed by atoms with Crippen LogP contribution < -0.4 is 16.4 Å². The molecule has 0 rings (SSSR count). The van der Waals surface area contributed by atoms with Gasteiger partial charge in [0.15, 0.2) is 0 Å². The Balaban J connectivity index is 0. The molecule has 6 N–H and O–H groups in total. The highest BCUT2D eigenvalue weighted by atomic mass is 19.3. The number of carboxylic acid groups (broad SMARTS) is 2. The zero-order chi connectivity index (χ0) is 25.1. The van der Waals surface area contributed by atoms with E-state index >= 15 is 0 Å². The molecule has 0 aliphatic heterocycles. The summed E-state index contributed by atoms with van der Waals surface area (Å²) in [6.07, 6.45) is 0.113. The number of carboxylic acids is 2. The number of aliphatic carboxylic acids is 2. The van der Waals surface area contributed by atoms with Crippen molar-refractivity contribution in [2.75, 3.05) is 19.7 Å². The summed E-state index contributed by atoms with van der Waals surface area (Å²) in [6.45, 7) is 5.82. The van der Waals surface area contributed by atoms with Crippen molar-refractivity contribution in [3.05, 3.63) is 12.2 Å². The second kappa shape index (κ2) is 19.1. The van der Waals surface area contributed by atoms with Crippen LogP contribution in [0.2, 0.25) is 0 Å². The topological polar surface area (TPSA) is 168 Å². The third-order valence-electron chi connectivity index (χ3n) is 4.14. The lowest BCUT2D eigenvalue weighted by Gasteiger charge is -2.17. The highest BCUT2D eigenvalue weighted by Gasteiger charge is 2.18. The SMILES string of the molecule is CCOC(=O)CC(C=C(F)F)CN[C@@H](CC)C(N)=O.CC[C@H](NCCCC(=O)O)C(=O)O. The lowest BCUT2D eigenvalue weighted by atomic mass is 10.0. The van der Waals surface area contributed by atoms with E-state index in [1.807, 2.05) is 0 Å². The number of nitrogens with one attached hydrogen (secondary N) is 2. The number of ether oxygens (including phenoxy) is 1. The van der Waals surface area contributed by atoms with Crippen molar-refractivity contribution in [3.63, 3.8) is 0 Å². The summed E-state index contributed by atoms with van der Waals surface area (Å²) in [4.78, 5) is 42.8. The molecule has 0 aliphatic rings. The fourth-order valence-corrected chi connectivity index (χ4v) is 2.46. The smallest absolute Gasteiger partial charge is 0.320 e. The second-order valence-corrected chi connectivity index (χ2v) is 6.75. The van der Waals surface area contributed by atoms with Gasteiger partial charge in [0.25, 0.3) is 6.08 Å². The molecule has 0 heterocycles. The van der Waals surface area contributed by atoms with Crippen molar-refractivity contribution >= 4 is 23.8 Å². The van der Waals surface area contributed by atoms with Crippen LogP contribution in [0.3, 0.4) is 0 Å². The van der Waals surface area contributed by atoms with Gasteiger partial charge in [-0.15, -0.1) is 0 Å². The summed E-state index contributed by atoms with van der Waals surface area (Å²) in [7, 11) is 0. The lowest BCUT2D eigenvalue weighted by molar-refractivity contribution is -0.144. The lowest BCUT2D eigenvalue weighted by Crippen LogP contribution is -2.42. The maximum Gasteiger partial charge on any atom is 0.320 e. The van der Waals surface area contributed by atoms with Crippen LogP contribution >= 0.6 is 0 Å². The summed E-state index contributed by atoms with van der Waals surface area (Å²) >= 11 is 0. The van der Waals surface area contributed by atoms with Gasteiger partial charge in [-0.2, -0.15) is 8.78 Å². The minimum Gasteiger partial charge on any atom is -0.481 e. The Morgan fingerprint density at radius 2 is 1.62 bits per heavy atom. The van der Waals surface area contributed by atoms with Gasteiger partial charge in [-0.25, -0.2) is 0 Å². The van der Waals surface area contributed by atoms with Crippen molar-refractivity contribution < 1.29 is 42.9 Å². The van der Waals surface area contributed by atoms with E-state index in [4.69, 9.17) is 20.7 Å². The van der Waals surface area contributed by atoms with E-state index in [0.717, 1.165) is 0 Å². The quantitative estimate of drug-likeness (QED) is 0.167. The molecule has 0 saturated carbocycles. The fraction of sp³-hybridized carbons (Fsp3) is 0.700. The van der Waals surface area contributed by atoms with Crippen LogP contribution in [0.4, 0.5) is 8.78 Å². The van der Waals surface area contributed by atoms with Gasteiger partial charge in [-0.3, -0.25) is 19.2 Å². The number of hydrogen-bond donors (Lipinski definition) is 5. The molecular formula is C20H35F2N3O7. The number of rotatable bonds is 16. The van der Waals surface area contributed by atoms with Crippen LogP contribution in [-0.4, -0.2) is 65.8 Å². The van der Waals surface area contributed by atoms with Crippen molar-refractivity contribution in [3.8, 4) is 0 Å². The van der Waals surface area contributed by atoms with Crippen LogP contribution in [0.25, 0.3) is 0 Å². The van der Waals surface area contributed by atoms with Gasteiger partial charge in [0, 0.05) is 18.9 Å². The Hall–Kier alpha value is -2.60. The van der Waals surface area contributed by atoms with Gasteiger partial charge in [0.1, 0.15) is 6.04 Å². The highest BCUT2D eigenvalue weighted by Crippen LogP contribution is 2.11. The minimum atomic E-state index is -1.87. The van der Waals surface area contributed by atoms with Crippen LogP contribution in [0.15, 0.2) is 12.2 Å². The number of hydrogen-bond acceptors (Lipinski definition) is 7. The minimum absolute atomic E-state index is 0.0532. The molecule has 0 aromatic carbocycles. The summed E-state index contributed by atoms with van der Waals surface area (Å²) < 4.78 is 29.3. The molecule has 0 aromatic heterocycles. The number of amides is 1. The molecule has 0 fully saturated rings. The molecule has 1 amide bonds. The molecular weight excluding hydrogens is 432 g/mol. The Bertz CT molecular complexity index is 614. The number of halogens is 2. The summed E-state index contributed by atoms with van der Waals surface area (Å²) in [5, 5.41) is 22.4. The van der Waals surface area contributed by atoms with Crippen LogP contribution in [-0.2, 0) is 23.9 Å². The first-order valence-corrected chi connectivity index (χ1v) is 10.4. The molecule has 3 atom stereocenters. The molecule has 10 nitrogen and oxygen atoms in total. The van der Waals surface area contributed by atoms with Gasteiger partial charge in [0.05, 0.1) is 19.1 Å². The average molecular weight is 468 g/mol. The molecule has 0 aromatic rings. The number of esters is 1. The maximum atomic E-state index is 12.3. The predicted molar refractivity (Wildman–Crippen MR) is 113 cm³/mol. The molecule has 0 spiro atoms. The van der Waals surface area contributed by atoms with Crippen LogP contribution in [0.5, 0.6) is 0 Å². The summed E-state index contributed by atoms with van der Waals surface area (Å²) in [6, 6.07) is -1.16. The molecule has 1 unspecified atom stereocenters. The molecule has 0 bridgehead atoms. The van der Waals surface area contributed by atoms with E-state index in [0.29, 0.717) is 31.9 Å². The zero-order valence-electron chi connectivity index (χ0n) is 18.7. The Morgan fingerprint density at radius 1 is 1.03 bits per heavy atom. The molecule has 0 saturated heterocycles. The summed E-state index contributed by atoms with van der Waals surface area (Å²) in [5.74, 6) is -3.60. The maximum absolute atomic E-state index is 12.3. The van der Waals surface area contributed by atoms with Crippen molar-refractivity contribution in [1.29, 1.82) is 0 Å².